The lowest BCUT2D eigenvalue weighted by molar-refractivity contribution is 0.484. The molecule has 1 atom stereocenters. The van der Waals surface area contributed by atoms with Gasteiger partial charge in [-0.1, -0.05) is 0 Å². The van der Waals surface area contributed by atoms with E-state index in [1.807, 2.05) is 49.2 Å². The van der Waals surface area contributed by atoms with Crippen molar-refractivity contribution in [2.75, 3.05) is 24.5 Å². The average molecular weight is 388 g/mol. The zero-order chi connectivity index (χ0) is 20.1. The Labute approximate surface area is 168 Å². The average Bonchev–Trinajstić information content (AvgIpc) is 3.08. The van der Waals surface area contributed by atoms with Crippen LogP contribution in [0.1, 0.15) is 12.5 Å². The summed E-state index contributed by atoms with van der Waals surface area (Å²) < 4.78 is 3.45. The number of hydrogen-bond acceptors (Lipinski definition) is 5. The maximum absolute atomic E-state index is 12.9. The molecule has 0 unspecified atom stereocenters. The molecule has 0 amide bonds. The van der Waals surface area contributed by atoms with Gasteiger partial charge in [0.05, 0.1) is 16.9 Å². The Balaban J connectivity index is 1.58. The summed E-state index contributed by atoms with van der Waals surface area (Å²) in [4.78, 5) is 20.0. The van der Waals surface area contributed by atoms with Crippen molar-refractivity contribution < 1.29 is 0 Å². The molecule has 0 saturated carbocycles. The zero-order valence-electron chi connectivity index (χ0n) is 16.9. The Morgan fingerprint density at radius 2 is 2.03 bits per heavy atom. The number of aromatic nitrogens is 4. The van der Waals surface area contributed by atoms with Gasteiger partial charge in [0.1, 0.15) is 5.65 Å². The van der Waals surface area contributed by atoms with Crippen LogP contribution in [0.5, 0.6) is 0 Å². The van der Waals surface area contributed by atoms with Crippen LogP contribution in [0.2, 0.25) is 0 Å². The maximum atomic E-state index is 12.9. The largest absolute Gasteiger partial charge is 0.368 e. The second-order valence-electron chi connectivity index (χ2n) is 7.93. The first kappa shape index (κ1) is 17.9. The van der Waals surface area contributed by atoms with E-state index in [9.17, 15) is 4.79 Å². The Bertz CT molecular complexity index is 1290. The minimum Gasteiger partial charge on any atom is -0.368 e. The topological polar surface area (TPSA) is 67.5 Å². The summed E-state index contributed by atoms with van der Waals surface area (Å²) in [6, 6.07) is 10.1. The highest BCUT2D eigenvalue weighted by atomic mass is 16.1. The summed E-state index contributed by atoms with van der Waals surface area (Å²) in [5.74, 6) is 0. The molecule has 0 radical (unpaired) electrons. The lowest BCUT2D eigenvalue weighted by Crippen LogP contribution is -2.49. The first-order valence-electron chi connectivity index (χ1n) is 9.94. The van der Waals surface area contributed by atoms with Crippen molar-refractivity contribution in [3.8, 4) is 11.3 Å². The third-order valence-corrected chi connectivity index (χ3v) is 5.59. The van der Waals surface area contributed by atoms with Gasteiger partial charge in [-0.25, -0.2) is 4.98 Å². The first-order chi connectivity index (χ1) is 14.0. The maximum Gasteiger partial charge on any atom is 0.258 e. The van der Waals surface area contributed by atoms with Crippen LogP contribution in [0.25, 0.3) is 27.8 Å². The van der Waals surface area contributed by atoms with E-state index in [0.717, 1.165) is 47.4 Å². The lowest BCUT2D eigenvalue weighted by Gasteiger charge is -2.33. The molecule has 7 nitrogen and oxygen atoms in total. The Morgan fingerprint density at radius 3 is 2.86 bits per heavy atom. The van der Waals surface area contributed by atoms with Gasteiger partial charge < -0.3 is 10.2 Å². The highest BCUT2D eigenvalue weighted by Crippen LogP contribution is 2.26. The number of hydrogen-bond donors (Lipinski definition) is 1. The second kappa shape index (κ2) is 6.70. The number of piperazine rings is 1. The van der Waals surface area contributed by atoms with Crippen LogP contribution in [0.3, 0.4) is 0 Å². The summed E-state index contributed by atoms with van der Waals surface area (Å²) in [6.45, 7) is 7.01. The monoisotopic (exact) mass is 388 g/mol. The van der Waals surface area contributed by atoms with Crippen LogP contribution in [0, 0.1) is 6.92 Å². The van der Waals surface area contributed by atoms with Crippen molar-refractivity contribution in [2.45, 2.75) is 19.9 Å². The summed E-state index contributed by atoms with van der Waals surface area (Å²) in [7, 11) is 1.91. The fraction of sp³-hybridized carbons (Fsp3) is 0.318. The number of benzene rings is 1. The van der Waals surface area contributed by atoms with E-state index in [0.29, 0.717) is 17.4 Å². The van der Waals surface area contributed by atoms with Crippen molar-refractivity contribution in [1.29, 1.82) is 0 Å². The normalized spacial score (nSPS) is 17.3. The number of pyridine rings is 1. The molecule has 1 saturated heterocycles. The SMILES string of the molecule is Cc1cc(-c2cc(=O)n3cc(N4CCN[C@H](C)C4)ccc3n2)cc2cn(C)nc12. The predicted octanol–water partition coefficient (Wildman–Crippen LogP) is 2.35. The molecule has 4 aromatic rings. The van der Waals surface area contributed by atoms with Gasteiger partial charge >= 0.3 is 0 Å². The van der Waals surface area contributed by atoms with Crippen LogP contribution < -0.4 is 15.8 Å². The van der Waals surface area contributed by atoms with Gasteiger partial charge in [0, 0.05) is 62.1 Å². The van der Waals surface area contributed by atoms with Crippen LogP contribution in [0.4, 0.5) is 5.69 Å². The fourth-order valence-electron chi connectivity index (χ4n) is 4.17. The molecule has 1 aromatic carbocycles. The molecule has 1 N–H and O–H groups in total. The summed E-state index contributed by atoms with van der Waals surface area (Å²) in [6.07, 6.45) is 3.89. The van der Waals surface area contributed by atoms with E-state index in [1.54, 1.807) is 10.5 Å². The van der Waals surface area contributed by atoms with E-state index in [-0.39, 0.29) is 5.56 Å². The second-order valence-corrected chi connectivity index (χ2v) is 7.93. The predicted molar refractivity (Wildman–Crippen MR) is 116 cm³/mol. The summed E-state index contributed by atoms with van der Waals surface area (Å²) in [5.41, 5.74) is 5.30. The lowest BCUT2D eigenvalue weighted by atomic mass is 10.1. The van der Waals surface area contributed by atoms with Crippen LogP contribution >= 0.6 is 0 Å². The molecule has 1 aliphatic rings. The number of fused-ring (bicyclic) bond motifs is 2. The van der Waals surface area contributed by atoms with Gasteiger partial charge in [-0.05, 0) is 43.7 Å². The third-order valence-electron chi connectivity index (χ3n) is 5.59. The van der Waals surface area contributed by atoms with E-state index < -0.39 is 0 Å². The van der Waals surface area contributed by atoms with E-state index >= 15 is 0 Å². The molecule has 4 heterocycles. The van der Waals surface area contributed by atoms with E-state index in [2.05, 4.69) is 28.3 Å². The zero-order valence-corrected chi connectivity index (χ0v) is 16.9. The van der Waals surface area contributed by atoms with Crippen LogP contribution in [0.15, 0.2) is 47.5 Å². The highest BCUT2D eigenvalue weighted by molar-refractivity contribution is 5.86. The van der Waals surface area contributed by atoms with Crippen LogP contribution in [-0.4, -0.2) is 44.8 Å². The fourth-order valence-corrected chi connectivity index (χ4v) is 4.17. The molecule has 29 heavy (non-hydrogen) atoms. The molecule has 0 spiro atoms. The van der Waals surface area contributed by atoms with E-state index in [4.69, 9.17) is 4.98 Å². The molecule has 3 aromatic heterocycles. The first-order valence-corrected chi connectivity index (χ1v) is 9.94. The molecule has 1 aliphatic heterocycles. The Kier molecular flexibility index (Phi) is 4.13. The number of nitrogens with one attached hydrogen (secondary N) is 1. The Hall–Kier alpha value is -3.19. The molecular weight excluding hydrogens is 364 g/mol. The number of anilines is 1. The van der Waals surface area contributed by atoms with Crippen molar-refractivity contribution >= 4 is 22.2 Å². The molecular formula is C22H24N6O. The Morgan fingerprint density at radius 1 is 1.17 bits per heavy atom. The van der Waals surface area contributed by atoms with Crippen molar-refractivity contribution in [3.63, 3.8) is 0 Å². The van der Waals surface area contributed by atoms with Crippen molar-refractivity contribution in [1.82, 2.24) is 24.5 Å². The molecule has 0 bridgehead atoms. The van der Waals surface area contributed by atoms with Crippen LogP contribution in [-0.2, 0) is 7.05 Å². The minimum absolute atomic E-state index is 0.0704. The molecule has 7 heteroatoms. The van der Waals surface area contributed by atoms with Crippen molar-refractivity contribution in [2.24, 2.45) is 7.05 Å². The number of nitrogens with zero attached hydrogens (tertiary/aromatic N) is 5. The molecule has 5 rings (SSSR count). The number of aryl methyl sites for hydroxylation is 2. The third kappa shape index (κ3) is 3.17. The smallest absolute Gasteiger partial charge is 0.258 e. The van der Waals surface area contributed by atoms with E-state index in [1.165, 1.54) is 0 Å². The van der Waals surface area contributed by atoms with Crippen molar-refractivity contribution in [3.05, 3.63) is 58.6 Å². The van der Waals surface area contributed by atoms with Gasteiger partial charge in [0.2, 0.25) is 0 Å². The van der Waals surface area contributed by atoms with Gasteiger partial charge in [-0.15, -0.1) is 0 Å². The van der Waals surface area contributed by atoms with Gasteiger partial charge in [-0.2, -0.15) is 5.10 Å². The molecule has 148 valence electrons. The van der Waals surface area contributed by atoms with Gasteiger partial charge in [0.25, 0.3) is 5.56 Å². The summed E-state index contributed by atoms with van der Waals surface area (Å²) >= 11 is 0. The number of rotatable bonds is 2. The molecule has 1 fully saturated rings. The van der Waals surface area contributed by atoms with Gasteiger partial charge in [0.15, 0.2) is 0 Å². The standard InChI is InChI=1S/C22H24N6O/c1-14-8-16(9-17-12-26(3)25-22(14)17)19-10-21(29)28-13-18(4-5-20(28)24-19)27-7-6-23-15(2)11-27/h4-5,8-10,12-13,15,23H,6-7,11H2,1-3H3/t15-/m1/s1. The summed E-state index contributed by atoms with van der Waals surface area (Å²) in [5, 5.41) is 8.99. The van der Waals surface area contributed by atoms with Gasteiger partial charge in [-0.3, -0.25) is 13.9 Å². The quantitative estimate of drug-likeness (QED) is 0.571. The minimum atomic E-state index is -0.0704. The highest BCUT2D eigenvalue weighted by Gasteiger charge is 2.17. The molecule has 0 aliphatic carbocycles.